The molecule has 2 atom stereocenters. The van der Waals surface area contributed by atoms with Gasteiger partial charge in [-0.15, -0.1) is 0 Å². The van der Waals surface area contributed by atoms with Crippen LogP contribution in [0.1, 0.15) is 22.6 Å². The van der Waals surface area contributed by atoms with Crippen molar-refractivity contribution in [3.8, 4) is 11.8 Å². The zero-order valence-electron chi connectivity index (χ0n) is 19.6. The molecule has 0 unspecified atom stereocenters. The number of esters is 1. The molecule has 2 N–H and O–H groups in total. The molecule has 1 aliphatic rings. The number of nitriles is 1. The molecule has 0 bridgehead atoms. The number of hydrogen-bond donors (Lipinski definition) is 2. The molecule has 182 valence electrons. The Labute approximate surface area is 216 Å². The van der Waals surface area contributed by atoms with Crippen LogP contribution in [0.3, 0.4) is 0 Å². The first-order valence-corrected chi connectivity index (χ1v) is 12.3. The average Bonchev–Trinajstić information content (AvgIpc) is 2.83. The number of aryl methyl sites for hydroxylation is 2. The fraction of sp³-hybridized carbons (Fsp3) is 0.280. The zero-order valence-corrected chi connectivity index (χ0v) is 22.0. The van der Waals surface area contributed by atoms with Gasteiger partial charge in [0, 0.05) is 11.6 Å². The minimum absolute atomic E-state index is 0.0455. The number of carbonyl (C=O) groups is 3. The molecule has 35 heavy (non-hydrogen) atoms. The predicted octanol–water partition coefficient (Wildman–Crippen LogP) is 4.18. The summed E-state index contributed by atoms with van der Waals surface area (Å²) in [5.74, 6) is -3.30. The smallest absolute Gasteiger partial charge is 0.319 e. The Balaban J connectivity index is 1.93. The first-order chi connectivity index (χ1) is 16.7. The van der Waals surface area contributed by atoms with Crippen molar-refractivity contribution >= 4 is 51.2 Å². The molecule has 0 saturated carbocycles. The van der Waals surface area contributed by atoms with E-state index in [2.05, 4.69) is 32.6 Å². The van der Waals surface area contributed by atoms with Gasteiger partial charge in [0.05, 0.1) is 41.1 Å². The minimum Gasteiger partial charge on any atom is -0.496 e. The summed E-state index contributed by atoms with van der Waals surface area (Å²) in [6, 6.07) is 12.9. The lowest BCUT2D eigenvalue weighted by Gasteiger charge is -2.31. The molecule has 0 saturated heterocycles. The third kappa shape index (κ3) is 5.86. The number of rotatable bonds is 7. The van der Waals surface area contributed by atoms with E-state index >= 15 is 0 Å². The molecule has 3 rings (SSSR count). The number of allylic oxidation sites excluding steroid dienone is 1. The van der Waals surface area contributed by atoms with Gasteiger partial charge >= 0.3 is 5.97 Å². The van der Waals surface area contributed by atoms with Crippen LogP contribution in [0, 0.1) is 31.1 Å². The highest BCUT2D eigenvalue weighted by Gasteiger charge is 2.44. The lowest BCUT2D eigenvalue weighted by atomic mass is 9.78. The van der Waals surface area contributed by atoms with Crippen LogP contribution in [-0.2, 0) is 19.1 Å². The first kappa shape index (κ1) is 26.3. The summed E-state index contributed by atoms with van der Waals surface area (Å²) in [5, 5.41) is 15.7. The molecule has 2 aromatic carbocycles. The first-order valence-electron chi connectivity index (χ1n) is 10.6. The topological polar surface area (TPSA) is 118 Å². The standard InChI is InChI=1S/C25H24BrN3O5S/c1-13-5-6-14(2)18(9-13)28-20(30)12-35-24-16(11-27)21(22(23(31)29-24)25(32)34-4)15-7-8-19(33-3)17(26)10-15/h5-10,21-22H,12H2,1-4H3,(H,28,30)(H,29,31)/t21-,22-/m0/s1. The van der Waals surface area contributed by atoms with E-state index in [0.29, 0.717) is 21.5 Å². The number of nitrogens with one attached hydrogen (secondary N) is 2. The van der Waals surface area contributed by atoms with Crippen LogP contribution in [0.4, 0.5) is 5.69 Å². The Morgan fingerprint density at radius 3 is 2.57 bits per heavy atom. The van der Waals surface area contributed by atoms with E-state index in [-0.39, 0.29) is 22.3 Å². The predicted molar refractivity (Wildman–Crippen MR) is 137 cm³/mol. The number of nitrogens with zero attached hydrogens (tertiary/aromatic N) is 1. The van der Waals surface area contributed by atoms with Crippen molar-refractivity contribution in [1.82, 2.24) is 5.32 Å². The highest BCUT2D eigenvalue weighted by Crippen LogP contribution is 2.42. The summed E-state index contributed by atoms with van der Waals surface area (Å²) in [6.45, 7) is 3.82. The molecule has 1 heterocycles. The third-order valence-electron chi connectivity index (χ3n) is 5.53. The van der Waals surface area contributed by atoms with Crippen LogP contribution in [0.25, 0.3) is 0 Å². The molecular formula is C25H24BrN3O5S. The SMILES string of the molecule is COC(=O)[C@@H]1C(=O)NC(SCC(=O)Nc2cc(C)ccc2C)=C(C#N)[C@@H]1c1ccc(OC)c(Br)c1. The Morgan fingerprint density at radius 1 is 1.20 bits per heavy atom. The second kappa shape index (κ2) is 11.4. The number of halogens is 1. The molecule has 1 aliphatic heterocycles. The third-order valence-corrected chi connectivity index (χ3v) is 7.17. The van der Waals surface area contributed by atoms with Gasteiger partial charge in [-0.25, -0.2) is 0 Å². The van der Waals surface area contributed by atoms with E-state index in [1.54, 1.807) is 18.2 Å². The minimum atomic E-state index is -1.26. The Hall–Kier alpha value is -3.29. The molecule has 0 fully saturated rings. The zero-order chi connectivity index (χ0) is 25.7. The van der Waals surface area contributed by atoms with E-state index in [4.69, 9.17) is 9.47 Å². The maximum atomic E-state index is 13.0. The number of benzene rings is 2. The van der Waals surface area contributed by atoms with Gasteiger partial charge < -0.3 is 20.1 Å². The second-order valence-electron chi connectivity index (χ2n) is 7.87. The van der Waals surface area contributed by atoms with E-state index in [1.807, 2.05) is 32.0 Å². The highest BCUT2D eigenvalue weighted by atomic mass is 79.9. The summed E-state index contributed by atoms with van der Waals surface area (Å²) < 4.78 is 10.7. The van der Waals surface area contributed by atoms with Gasteiger partial charge in [-0.05, 0) is 64.7 Å². The molecular weight excluding hydrogens is 534 g/mol. The van der Waals surface area contributed by atoms with Gasteiger partial charge in [0.1, 0.15) is 11.7 Å². The Kier molecular flexibility index (Phi) is 8.59. The van der Waals surface area contributed by atoms with Gasteiger partial charge in [-0.2, -0.15) is 5.26 Å². The maximum absolute atomic E-state index is 13.0. The van der Waals surface area contributed by atoms with Crippen LogP contribution in [-0.4, -0.2) is 37.8 Å². The van der Waals surface area contributed by atoms with Crippen molar-refractivity contribution in [2.45, 2.75) is 19.8 Å². The average molecular weight is 558 g/mol. The fourth-order valence-electron chi connectivity index (χ4n) is 3.75. The summed E-state index contributed by atoms with van der Waals surface area (Å²) in [6.07, 6.45) is 0. The molecule has 2 amide bonds. The van der Waals surface area contributed by atoms with Crippen LogP contribution in [0.5, 0.6) is 5.75 Å². The van der Waals surface area contributed by atoms with Gasteiger partial charge in [0.25, 0.3) is 0 Å². The van der Waals surface area contributed by atoms with Crippen molar-refractivity contribution in [3.63, 3.8) is 0 Å². The van der Waals surface area contributed by atoms with E-state index in [9.17, 15) is 19.6 Å². The maximum Gasteiger partial charge on any atom is 0.319 e. The fourth-order valence-corrected chi connectivity index (χ4v) is 5.16. The molecule has 10 heteroatoms. The second-order valence-corrected chi connectivity index (χ2v) is 9.71. The van der Waals surface area contributed by atoms with E-state index in [1.165, 1.54) is 14.2 Å². The van der Waals surface area contributed by atoms with Crippen molar-refractivity contribution in [3.05, 3.63) is 68.2 Å². The molecule has 8 nitrogen and oxygen atoms in total. The van der Waals surface area contributed by atoms with Crippen LogP contribution < -0.4 is 15.4 Å². The molecule has 0 aliphatic carbocycles. The number of thioether (sulfide) groups is 1. The van der Waals surface area contributed by atoms with Crippen LogP contribution in [0.2, 0.25) is 0 Å². The van der Waals surface area contributed by atoms with Gasteiger partial charge in [0.15, 0.2) is 0 Å². The largest absolute Gasteiger partial charge is 0.496 e. The lowest BCUT2D eigenvalue weighted by Crippen LogP contribution is -2.44. The lowest BCUT2D eigenvalue weighted by molar-refractivity contribution is -0.150. The van der Waals surface area contributed by atoms with Crippen LogP contribution in [0.15, 0.2) is 51.5 Å². The number of amides is 2. The van der Waals surface area contributed by atoms with Crippen LogP contribution >= 0.6 is 27.7 Å². The van der Waals surface area contributed by atoms with Crippen molar-refractivity contribution in [2.24, 2.45) is 5.92 Å². The summed E-state index contributed by atoms with van der Waals surface area (Å²) >= 11 is 4.44. The Morgan fingerprint density at radius 2 is 1.94 bits per heavy atom. The van der Waals surface area contributed by atoms with Crippen molar-refractivity contribution < 1.29 is 23.9 Å². The molecule has 2 aromatic rings. The molecule has 0 spiro atoms. The number of carbonyl (C=O) groups excluding carboxylic acids is 3. The summed E-state index contributed by atoms with van der Waals surface area (Å²) in [4.78, 5) is 38.2. The molecule has 0 radical (unpaired) electrons. The summed E-state index contributed by atoms with van der Waals surface area (Å²) in [7, 11) is 2.71. The van der Waals surface area contributed by atoms with Gasteiger partial charge in [-0.3, -0.25) is 14.4 Å². The van der Waals surface area contributed by atoms with Crippen molar-refractivity contribution in [2.75, 3.05) is 25.3 Å². The molecule has 0 aromatic heterocycles. The summed E-state index contributed by atoms with van der Waals surface area (Å²) in [5.41, 5.74) is 3.35. The quantitative estimate of drug-likeness (QED) is 0.387. The van der Waals surface area contributed by atoms with E-state index < -0.39 is 23.7 Å². The van der Waals surface area contributed by atoms with Gasteiger partial charge in [0.2, 0.25) is 11.8 Å². The van der Waals surface area contributed by atoms with E-state index in [0.717, 1.165) is 22.9 Å². The monoisotopic (exact) mass is 557 g/mol. The van der Waals surface area contributed by atoms with Gasteiger partial charge in [-0.1, -0.05) is 30.0 Å². The number of hydrogen-bond acceptors (Lipinski definition) is 7. The number of anilines is 1. The number of methoxy groups -OCH3 is 2. The Bertz CT molecular complexity index is 1250. The van der Waals surface area contributed by atoms with Crippen molar-refractivity contribution in [1.29, 1.82) is 5.26 Å². The number of ether oxygens (including phenoxy) is 2. The normalized spacial score (nSPS) is 17.3. The highest BCUT2D eigenvalue weighted by molar-refractivity contribution is 9.10.